The maximum Gasteiger partial charge on any atom is 0.197 e. The molecule has 5 heteroatoms. The number of rotatable bonds is 1. The Balaban J connectivity index is 2.46. The molecule has 0 bridgehead atoms. The Morgan fingerprint density at radius 3 is 2.85 bits per heavy atom. The summed E-state index contributed by atoms with van der Waals surface area (Å²) in [6.45, 7) is 0. The Kier molecular flexibility index (Phi) is 1.90. The summed E-state index contributed by atoms with van der Waals surface area (Å²) in [7, 11) is 0. The first-order chi connectivity index (χ1) is 6.25. The summed E-state index contributed by atoms with van der Waals surface area (Å²) in [4.78, 5) is 10.7. The van der Waals surface area contributed by atoms with E-state index < -0.39 is 0 Å². The van der Waals surface area contributed by atoms with E-state index >= 15 is 0 Å². The minimum Gasteiger partial charge on any atom is -0.369 e. The summed E-state index contributed by atoms with van der Waals surface area (Å²) in [5.74, 6) is 0.392. The standard InChI is InChI=1S/C8H7ClN4/c9-7-3-5(1-2-11-7)6-4-12-8(10)13-6/h1-4H,(H3,10,12,13). The molecule has 0 aliphatic carbocycles. The summed E-state index contributed by atoms with van der Waals surface area (Å²) >= 11 is 5.72. The van der Waals surface area contributed by atoms with Crippen LogP contribution in [0.15, 0.2) is 24.5 Å². The van der Waals surface area contributed by atoms with Crippen molar-refractivity contribution >= 4 is 17.5 Å². The molecule has 0 radical (unpaired) electrons. The molecule has 3 N–H and O–H groups in total. The van der Waals surface area contributed by atoms with Crippen LogP contribution < -0.4 is 5.73 Å². The highest BCUT2D eigenvalue weighted by molar-refractivity contribution is 6.29. The second-order valence-electron chi connectivity index (χ2n) is 2.55. The van der Waals surface area contributed by atoms with E-state index in [-0.39, 0.29) is 0 Å². The lowest BCUT2D eigenvalue weighted by molar-refractivity contribution is 1.30. The van der Waals surface area contributed by atoms with E-state index in [9.17, 15) is 0 Å². The van der Waals surface area contributed by atoms with Crippen LogP contribution in [0.3, 0.4) is 0 Å². The highest BCUT2D eigenvalue weighted by atomic mass is 35.5. The first-order valence-electron chi connectivity index (χ1n) is 3.68. The highest BCUT2D eigenvalue weighted by Gasteiger charge is 2.01. The minimum absolute atomic E-state index is 0.392. The van der Waals surface area contributed by atoms with E-state index in [1.54, 1.807) is 18.5 Å². The molecule has 4 nitrogen and oxygen atoms in total. The average Bonchev–Trinajstić information content (AvgIpc) is 2.52. The SMILES string of the molecule is Nc1ncc(-c2ccnc(Cl)c2)[nH]1. The van der Waals surface area contributed by atoms with Crippen LogP contribution in [0.2, 0.25) is 5.15 Å². The molecule has 13 heavy (non-hydrogen) atoms. The van der Waals surface area contributed by atoms with Crippen molar-refractivity contribution < 1.29 is 0 Å². The quantitative estimate of drug-likeness (QED) is 0.679. The van der Waals surface area contributed by atoms with Gasteiger partial charge >= 0.3 is 0 Å². The molecule has 0 atom stereocenters. The summed E-state index contributed by atoms with van der Waals surface area (Å²) in [6.07, 6.45) is 3.29. The average molecular weight is 195 g/mol. The lowest BCUT2D eigenvalue weighted by Gasteiger charge is -1.95. The van der Waals surface area contributed by atoms with Crippen molar-refractivity contribution in [1.82, 2.24) is 15.0 Å². The van der Waals surface area contributed by atoms with E-state index in [0.717, 1.165) is 11.3 Å². The molecule has 2 heterocycles. The number of nitrogen functional groups attached to an aromatic ring is 1. The van der Waals surface area contributed by atoms with Crippen LogP contribution in [0.4, 0.5) is 5.95 Å². The normalized spacial score (nSPS) is 10.2. The third-order valence-electron chi connectivity index (χ3n) is 1.63. The molecule has 0 spiro atoms. The van der Waals surface area contributed by atoms with Crippen LogP contribution in [0.1, 0.15) is 0 Å². The van der Waals surface area contributed by atoms with Gasteiger partial charge in [-0.2, -0.15) is 0 Å². The second-order valence-corrected chi connectivity index (χ2v) is 2.94. The predicted octanol–water partition coefficient (Wildman–Crippen LogP) is 1.71. The molecule has 0 amide bonds. The van der Waals surface area contributed by atoms with Crippen molar-refractivity contribution in [2.75, 3.05) is 5.73 Å². The van der Waals surface area contributed by atoms with Gasteiger partial charge in [-0.15, -0.1) is 0 Å². The molecule has 0 fully saturated rings. The number of imidazole rings is 1. The smallest absolute Gasteiger partial charge is 0.197 e. The van der Waals surface area contributed by atoms with Gasteiger partial charge in [0.15, 0.2) is 5.95 Å². The highest BCUT2D eigenvalue weighted by Crippen LogP contribution is 2.19. The van der Waals surface area contributed by atoms with Crippen molar-refractivity contribution in [1.29, 1.82) is 0 Å². The number of nitrogens with zero attached hydrogens (tertiary/aromatic N) is 2. The van der Waals surface area contributed by atoms with Gasteiger partial charge in [-0.3, -0.25) is 0 Å². The molecule has 0 aromatic carbocycles. The summed E-state index contributed by atoms with van der Waals surface area (Å²) in [5, 5.41) is 0.450. The number of halogens is 1. The monoisotopic (exact) mass is 194 g/mol. The Labute approximate surface area is 79.8 Å². The number of anilines is 1. The van der Waals surface area contributed by atoms with Gasteiger partial charge in [0.05, 0.1) is 11.9 Å². The maximum atomic E-state index is 5.72. The van der Waals surface area contributed by atoms with Gasteiger partial charge in [-0.1, -0.05) is 11.6 Å². The largest absolute Gasteiger partial charge is 0.369 e. The van der Waals surface area contributed by atoms with Gasteiger partial charge in [0.2, 0.25) is 0 Å². The van der Waals surface area contributed by atoms with E-state index in [2.05, 4.69) is 15.0 Å². The lowest BCUT2D eigenvalue weighted by Crippen LogP contribution is -1.85. The molecule has 2 rings (SSSR count). The van der Waals surface area contributed by atoms with Crippen molar-refractivity contribution in [3.63, 3.8) is 0 Å². The van der Waals surface area contributed by atoms with Crippen molar-refractivity contribution in [2.45, 2.75) is 0 Å². The molecule has 0 aliphatic heterocycles. The van der Waals surface area contributed by atoms with Crippen molar-refractivity contribution in [2.24, 2.45) is 0 Å². The number of nitrogens with two attached hydrogens (primary N) is 1. The fourth-order valence-corrected chi connectivity index (χ4v) is 1.23. The fraction of sp³-hybridized carbons (Fsp3) is 0. The molecule has 2 aromatic rings. The van der Waals surface area contributed by atoms with Gasteiger partial charge in [-0.25, -0.2) is 9.97 Å². The van der Waals surface area contributed by atoms with Crippen LogP contribution in [0.5, 0.6) is 0 Å². The number of H-pyrrole nitrogens is 1. The number of pyridine rings is 1. The number of hydrogen-bond donors (Lipinski definition) is 2. The van der Waals surface area contributed by atoms with E-state index in [4.69, 9.17) is 17.3 Å². The zero-order chi connectivity index (χ0) is 9.26. The van der Waals surface area contributed by atoms with Crippen molar-refractivity contribution in [3.05, 3.63) is 29.7 Å². The molecule has 66 valence electrons. The second kappa shape index (κ2) is 3.06. The molecule has 0 saturated heterocycles. The van der Waals surface area contributed by atoms with Crippen LogP contribution in [0, 0.1) is 0 Å². The molecule has 0 aliphatic rings. The third-order valence-corrected chi connectivity index (χ3v) is 1.84. The van der Waals surface area contributed by atoms with Crippen molar-refractivity contribution in [3.8, 4) is 11.3 Å². The molecular formula is C8H7ClN4. The van der Waals surface area contributed by atoms with Gasteiger partial charge in [-0.05, 0) is 12.1 Å². The van der Waals surface area contributed by atoms with Crippen LogP contribution in [-0.4, -0.2) is 15.0 Å². The zero-order valence-corrected chi connectivity index (χ0v) is 7.42. The maximum absolute atomic E-state index is 5.72. The fourth-order valence-electron chi connectivity index (χ4n) is 1.05. The zero-order valence-electron chi connectivity index (χ0n) is 6.66. The van der Waals surface area contributed by atoms with E-state index in [1.807, 2.05) is 6.07 Å². The van der Waals surface area contributed by atoms with Crippen LogP contribution in [-0.2, 0) is 0 Å². The van der Waals surface area contributed by atoms with Gasteiger partial charge in [0, 0.05) is 11.8 Å². The molecule has 0 saturated carbocycles. The van der Waals surface area contributed by atoms with E-state index in [0.29, 0.717) is 11.1 Å². The summed E-state index contributed by atoms with van der Waals surface area (Å²) < 4.78 is 0. The third kappa shape index (κ3) is 1.62. The first-order valence-corrected chi connectivity index (χ1v) is 4.06. The van der Waals surface area contributed by atoms with Gasteiger partial charge in [0.1, 0.15) is 5.15 Å². The van der Waals surface area contributed by atoms with Gasteiger partial charge in [0.25, 0.3) is 0 Å². The Hall–Kier alpha value is -1.55. The number of aromatic amines is 1. The Morgan fingerprint density at radius 2 is 2.23 bits per heavy atom. The summed E-state index contributed by atoms with van der Waals surface area (Å²) in [5.41, 5.74) is 7.19. The molecular weight excluding hydrogens is 188 g/mol. The van der Waals surface area contributed by atoms with E-state index in [1.165, 1.54) is 0 Å². The predicted molar refractivity (Wildman–Crippen MR) is 51.2 cm³/mol. The topological polar surface area (TPSA) is 67.6 Å². The summed E-state index contributed by atoms with van der Waals surface area (Å²) in [6, 6.07) is 3.58. The first kappa shape index (κ1) is 8.07. The van der Waals surface area contributed by atoms with Crippen LogP contribution in [0.25, 0.3) is 11.3 Å². The lowest BCUT2D eigenvalue weighted by atomic mass is 10.2. The van der Waals surface area contributed by atoms with Crippen LogP contribution >= 0.6 is 11.6 Å². The Morgan fingerprint density at radius 1 is 1.38 bits per heavy atom. The number of hydrogen-bond acceptors (Lipinski definition) is 3. The number of nitrogens with one attached hydrogen (secondary N) is 1. The number of aromatic nitrogens is 3. The van der Waals surface area contributed by atoms with Gasteiger partial charge < -0.3 is 10.7 Å². The molecule has 2 aromatic heterocycles. The Bertz CT molecular complexity index is 424. The minimum atomic E-state index is 0.392. The molecule has 0 unspecified atom stereocenters.